The number of alkyl halides is 1. The minimum atomic E-state index is -0.656. The van der Waals surface area contributed by atoms with Crippen LogP contribution in [0, 0.1) is 22.2 Å². The van der Waals surface area contributed by atoms with Gasteiger partial charge in [-0.3, -0.25) is 0 Å². The molecule has 0 bridgehead atoms. The van der Waals surface area contributed by atoms with Gasteiger partial charge in [-0.15, -0.1) is 0 Å². The van der Waals surface area contributed by atoms with Gasteiger partial charge in [-0.2, -0.15) is 0 Å². The van der Waals surface area contributed by atoms with Crippen LogP contribution in [0.1, 0.15) is 47.5 Å². The fourth-order valence-corrected chi connectivity index (χ4v) is 5.98. The zero-order valence-corrected chi connectivity index (χ0v) is 16.7. The van der Waals surface area contributed by atoms with Crippen LogP contribution >= 0.6 is 0 Å². The number of ether oxygens (including phenoxy) is 1. The monoisotopic (exact) mass is 430 g/mol. The number of halogens is 1. The molecule has 0 N–H and O–H groups in total. The van der Waals surface area contributed by atoms with Crippen molar-refractivity contribution in [3.63, 3.8) is 0 Å². The first kappa shape index (κ1) is 19.9. The molecule has 5 heteroatoms. The van der Waals surface area contributed by atoms with Crippen molar-refractivity contribution in [2.75, 3.05) is 11.0 Å². The molecule has 128 valence electrons. The van der Waals surface area contributed by atoms with E-state index in [0.717, 1.165) is 11.1 Å². The third-order valence-electron chi connectivity index (χ3n) is 4.39. The second-order valence-electron chi connectivity index (χ2n) is 6.44. The Kier molecular flexibility index (Phi) is 7.00. The number of carbonyl (C=O) groups excluding carboxylic acids is 2. The van der Waals surface area contributed by atoms with Gasteiger partial charge in [0.2, 0.25) is 0 Å². The first-order chi connectivity index (χ1) is 10.7. The van der Waals surface area contributed by atoms with Crippen LogP contribution in [-0.4, -0.2) is 22.8 Å². The van der Waals surface area contributed by atoms with E-state index < -0.39 is 10.8 Å². The molecule has 0 aromatic carbocycles. The summed E-state index contributed by atoms with van der Waals surface area (Å²) in [7, 11) is 0. The molecule has 4 nitrogen and oxygen atoms in total. The van der Waals surface area contributed by atoms with Gasteiger partial charge in [-0.05, 0) is 0 Å². The van der Waals surface area contributed by atoms with Crippen molar-refractivity contribution in [1.29, 1.82) is 5.26 Å². The number of carbonyl (C=O) groups is 2. The number of allylic oxidation sites excluding steroid dienone is 2. The van der Waals surface area contributed by atoms with Gasteiger partial charge < -0.3 is 0 Å². The Hall–Kier alpha value is -1.16. The van der Waals surface area contributed by atoms with Gasteiger partial charge in [0.1, 0.15) is 0 Å². The number of hydrogen-bond donors (Lipinski definition) is 0. The summed E-state index contributed by atoms with van der Waals surface area (Å²) < 4.78 is 7.82. The topological polar surface area (TPSA) is 67.2 Å². The molecule has 0 saturated heterocycles. The van der Waals surface area contributed by atoms with E-state index in [9.17, 15) is 14.9 Å². The molecule has 0 unspecified atom stereocenters. The van der Waals surface area contributed by atoms with Gasteiger partial charge in [0.25, 0.3) is 0 Å². The quantitative estimate of drug-likeness (QED) is 0.265. The Bertz CT molecular complexity index is 584. The predicted molar refractivity (Wildman–Crippen MR) is 85.1 cm³/mol. The molecule has 0 spiro atoms. The Labute approximate surface area is 149 Å². The molecule has 0 aromatic rings. The van der Waals surface area contributed by atoms with Gasteiger partial charge in [0.15, 0.2) is 0 Å². The predicted octanol–water partition coefficient (Wildman–Crippen LogP) is 0.388. The molecule has 1 rings (SSSR count). The number of Topliss-reactive ketones (excluding diaryl/α,β-unsaturated/α-hetero) is 1. The number of nitriles is 1. The van der Waals surface area contributed by atoms with Crippen LogP contribution in [0.15, 0.2) is 21.3 Å². The molecular weight excluding hydrogens is 405 g/mol. The standard InChI is InChI=1S/C18H25INO3/c1-6-18(12-20,8-7-13(2)11-23-14(3)21)15-9-19-10-16(22)17(15,4)5/h7,9H,6,8,10-11H2,1-5H3/q-1/b13-7+/t18-/m0/s1. The second-order valence-corrected chi connectivity index (χ2v) is 8.71. The molecule has 23 heavy (non-hydrogen) atoms. The first-order valence-corrected chi connectivity index (χ1v) is 10.5. The SMILES string of the molecule is CC[C@@](C#N)(C/C=C(\C)COC(C)=O)C1=C[I-]CC(=O)C1(C)C. The molecule has 0 amide bonds. The van der Waals surface area contributed by atoms with Crippen molar-refractivity contribution in [2.45, 2.75) is 47.5 Å². The molecule has 1 heterocycles. The van der Waals surface area contributed by atoms with Crippen LogP contribution in [0.2, 0.25) is 0 Å². The fourth-order valence-electron chi connectivity index (χ4n) is 2.59. The van der Waals surface area contributed by atoms with Crippen LogP contribution in [0.25, 0.3) is 0 Å². The summed E-state index contributed by atoms with van der Waals surface area (Å²) in [5, 5.41) is 9.87. The van der Waals surface area contributed by atoms with Crippen molar-refractivity contribution in [3.05, 3.63) is 21.3 Å². The van der Waals surface area contributed by atoms with E-state index in [1.54, 1.807) is 0 Å². The van der Waals surface area contributed by atoms with Gasteiger partial charge in [-0.25, -0.2) is 0 Å². The molecule has 1 atom stereocenters. The van der Waals surface area contributed by atoms with Crippen LogP contribution < -0.4 is 21.2 Å². The summed E-state index contributed by atoms with van der Waals surface area (Å²) in [6.45, 7) is 9.37. The van der Waals surface area contributed by atoms with Crippen molar-refractivity contribution >= 4 is 11.8 Å². The maximum atomic E-state index is 12.3. The summed E-state index contributed by atoms with van der Waals surface area (Å²) in [5.74, 6) is -0.0669. The first-order valence-electron chi connectivity index (χ1n) is 7.72. The van der Waals surface area contributed by atoms with Crippen molar-refractivity contribution in [2.24, 2.45) is 10.8 Å². The van der Waals surface area contributed by atoms with Gasteiger partial charge >= 0.3 is 149 Å². The molecule has 0 radical (unpaired) electrons. The van der Waals surface area contributed by atoms with Crippen molar-refractivity contribution in [1.82, 2.24) is 0 Å². The summed E-state index contributed by atoms with van der Waals surface area (Å²) in [6, 6.07) is 2.48. The van der Waals surface area contributed by atoms with E-state index in [4.69, 9.17) is 4.74 Å². The summed E-state index contributed by atoms with van der Waals surface area (Å²) in [5.41, 5.74) is 0.678. The van der Waals surface area contributed by atoms with E-state index in [-0.39, 0.29) is 39.6 Å². The van der Waals surface area contributed by atoms with E-state index in [1.165, 1.54) is 6.92 Å². The molecule has 0 aliphatic carbocycles. The van der Waals surface area contributed by atoms with Gasteiger partial charge in [0.05, 0.1) is 0 Å². The number of ketones is 1. The normalized spacial score (nSPS) is 20.6. The second kappa shape index (κ2) is 8.09. The van der Waals surface area contributed by atoms with Crippen LogP contribution in [0.5, 0.6) is 0 Å². The third kappa shape index (κ3) is 4.66. The summed E-state index contributed by atoms with van der Waals surface area (Å²) >= 11 is -0.299. The Balaban J connectivity index is 3.07. The van der Waals surface area contributed by atoms with Gasteiger partial charge in [0, 0.05) is 0 Å². The molecule has 0 aromatic heterocycles. The molecule has 1 aliphatic heterocycles. The van der Waals surface area contributed by atoms with E-state index in [1.807, 2.05) is 33.8 Å². The number of nitrogens with zero attached hydrogens (tertiary/aromatic N) is 1. The zero-order valence-electron chi connectivity index (χ0n) is 14.5. The number of esters is 1. The maximum absolute atomic E-state index is 12.3. The molecule has 0 saturated carbocycles. The minimum absolute atomic E-state index is 0.245. The molecular formula is C18H25INO3-. The Morgan fingerprint density at radius 1 is 1.52 bits per heavy atom. The van der Waals surface area contributed by atoms with Crippen LogP contribution in [-0.2, 0) is 14.3 Å². The molecule has 0 fully saturated rings. The van der Waals surface area contributed by atoms with Crippen LogP contribution in [0.4, 0.5) is 0 Å². The van der Waals surface area contributed by atoms with E-state index >= 15 is 0 Å². The Morgan fingerprint density at radius 2 is 2.17 bits per heavy atom. The fraction of sp³-hybridized carbons (Fsp3) is 0.611. The van der Waals surface area contributed by atoms with E-state index in [0.29, 0.717) is 17.3 Å². The number of hydrogen-bond acceptors (Lipinski definition) is 4. The number of rotatable bonds is 6. The van der Waals surface area contributed by atoms with Gasteiger partial charge in [-0.1, -0.05) is 0 Å². The summed E-state index contributed by atoms with van der Waals surface area (Å²) in [6.07, 6.45) is 3.16. The Morgan fingerprint density at radius 3 is 2.70 bits per heavy atom. The van der Waals surface area contributed by atoms with Crippen molar-refractivity contribution < 1.29 is 35.5 Å². The zero-order chi connectivity index (χ0) is 17.7. The third-order valence-corrected chi connectivity index (χ3v) is 6.59. The average molecular weight is 430 g/mol. The van der Waals surface area contributed by atoms with E-state index in [2.05, 4.69) is 10.2 Å². The molecule has 1 aliphatic rings. The summed E-state index contributed by atoms with van der Waals surface area (Å²) in [4.78, 5) is 23.2. The van der Waals surface area contributed by atoms with Crippen molar-refractivity contribution in [3.8, 4) is 6.07 Å². The van der Waals surface area contributed by atoms with Crippen LogP contribution in [0.3, 0.4) is 0 Å². The average Bonchev–Trinajstić information content (AvgIpc) is 2.50.